The minimum Gasteiger partial charge on any atom is -0.311 e. The molecule has 0 atom stereocenters. The van der Waals surface area contributed by atoms with Crippen LogP contribution in [-0.4, -0.2) is 19.1 Å². The Morgan fingerprint density at radius 3 is 1.20 bits per heavy atom. The molecule has 0 saturated heterocycles. The van der Waals surface area contributed by atoms with E-state index in [9.17, 15) is 5.26 Å². The molecule has 0 spiro atoms. The summed E-state index contributed by atoms with van der Waals surface area (Å²) >= 11 is 0. The van der Waals surface area contributed by atoms with Gasteiger partial charge < -0.3 is 14.7 Å². The molecule has 18 rings (SSSR count). The van der Waals surface area contributed by atoms with Crippen LogP contribution in [0.5, 0.6) is 0 Å². The van der Waals surface area contributed by atoms with Gasteiger partial charge in [0.2, 0.25) is 0 Å². The second kappa shape index (κ2) is 26.6. The van der Waals surface area contributed by atoms with Crippen molar-refractivity contribution >= 4 is 94.8 Å². The zero-order valence-electron chi connectivity index (χ0n) is 56.0. The Kier molecular flexibility index (Phi) is 15.8. The minimum absolute atomic E-state index is 0.590. The van der Waals surface area contributed by atoms with Gasteiger partial charge in [0.05, 0.1) is 33.7 Å². The number of nitriles is 1. The van der Waals surface area contributed by atoms with E-state index in [0.29, 0.717) is 5.56 Å². The summed E-state index contributed by atoms with van der Waals surface area (Å²) in [5, 5.41) is 14.3. The number of nitrogens with zero attached hydrogens (tertiary/aromatic N) is 8. The van der Waals surface area contributed by atoms with Crippen LogP contribution in [0.1, 0.15) is 5.56 Å². The van der Waals surface area contributed by atoms with Gasteiger partial charge in [0.25, 0.3) is 0 Å². The van der Waals surface area contributed by atoms with Gasteiger partial charge in [0.1, 0.15) is 11.6 Å². The van der Waals surface area contributed by atoms with Gasteiger partial charge in [-0.1, -0.05) is 200 Å². The first-order chi connectivity index (χ1) is 51.0. The largest absolute Gasteiger partial charge is 0.311 e. The Labute approximate surface area is 597 Å². The lowest BCUT2D eigenvalue weighted by molar-refractivity contribution is 1.10. The van der Waals surface area contributed by atoms with E-state index in [1.807, 2.05) is 36.4 Å². The summed E-state index contributed by atoms with van der Waals surface area (Å²) in [5.41, 5.74) is 24.0. The van der Waals surface area contributed by atoms with E-state index in [-0.39, 0.29) is 0 Å². The second-order valence-electron chi connectivity index (χ2n) is 25.7. The third-order valence-corrected chi connectivity index (χ3v) is 19.4. The number of aromatic nitrogens is 4. The van der Waals surface area contributed by atoms with Crippen LogP contribution < -0.4 is 14.7 Å². The van der Waals surface area contributed by atoms with Crippen molar-refractivity contribution in [3.8, 4) is 73.6 Å². The number of hydrogen-bond donors (Lipinski definition) is 0. The molecule has 0 N–H and O–H groups in total. The molecule has 0 unspecified atom stereocenters. The molecule has 0 amide bonds. The molecule has 0 aliphatic heterocycles. The van der Waals surface area contributed by atoms with Crippen molar-refractivity contribution in [3.63, 3.8) is 0 Å². The molecule has 0 aliphatic rings. The van der Waals surface area contributed by atoms with Crippen molar-refractivity contribution in [2.75, 3.05) is 14.7 Å². The van der Waals surface area contributed by atoms with Crippen LogP contribution in [0.3, 0.4) is 0 Å². The molecule has 103 heavy (non-hydrogen) atoms. The molecule has 0 bridgehead atoms. The Bertz CT molecular complexity index is 6090. The van der Waals surface area contributed by atoms with Crippen molar-refractivity contribution < 1.29 is 0 Å². The smallest absolute Gasteiger partial charge is 0.145 e. The van der Waals surface area contributed by atoms with E-state index in [1.165, 1.54) is 0 Å². The maximum absolute atomic E-state index is 10.0. The first-order valence-electron chi connectivity index (χ1n) is 34.7. The van der Waals surface area contributed by atoms with E-state index in [2.05, 4.69) is 382 Å². The number of fused-ring (bicyclic) bond motifs is 7. The molecular formula is C95H64N8. The highest BCUT2D eigenvalue weighted by molar-refractivity contribution is 6.27. The van der Waals surface area contributed by atoms with Crippen molar-refractivity contribution in [2.24, 2.45) is 0 Å². The maximum Gasteiger partial charge on any atom is 0.145 e. The molecule has 18 aromatic rings. The normalized spacial score (nSPS) is 11.3. The maximum atomic E-state index is 10.0. The van der Waals surface area contributed by atoms with Gasteiger partial charge in [-0.25, -0.2) is 9.97 Å². The van der Waals surface area contributed by atoms with Gasteiger partial charge in [0, 0.05) is 84.5 Å². The zero-order valence-corrected chi connectivity index (χ0v) is 56.0. The quantitative estimate of drug-likeness (QED) is 0.0898. The monoisotopic (exact) mass is 1320 g/mol. The topological polar surface area (TPSA) is 69.2 Å². The molecule has 0 aliphatic carbocycles. The van der Waals surface area contributed by atoms with Gasteiger partial charge in [-0.3, -0.25) is 9.13 Å². The lowest BCUT2D eigenvalue weighted by Gasteiger charge is -2.27. The summed E-state index contributed by atoms with van der Waals surface area (Å²) in [7, 11) is 0. The molecule has 0 saturated carbocycles. The molecule has 8 nitrogen and oxygen atoms in total. The van der Waals surface area contributed by atoms with Crippen molar-refractivity contribution in [1.29, 1.82) is 5.26 Å². The van der Waals surface area contributed by atoms with Crippen LogP contribution in [0.25, 0.3) is 111 Å². The first-order valence-corrected chi connectivity index (χ1v) is 34.7. The van der Waals surface area contributed by atoms with E-state index in [1.54, 1.807) is 0 Å². The Balaban J connectivity index is 0.780. The number of anilines is 9. The highest BCUT2D eigenvalue weighted by atomic mass is 15.2. The molecular weight excluding hydrogens is 1250 g/mol. The SMILES string of the molecule is N#Cc1ccc(-n2c(-c3ccc(N(c4ccccc4)c4ccccc4)cc3)nc3c4cccc(-c5cccc(N(c6ccccc6)c6cccc(-c7cc(-c8cccc(N(c9ccccc9)c9ccccc9)c8)cc(-c8nc9ccccc9n8-c8ccccc8)c7)c6)c5)c4c4ccccc4c32)cc1. The van der Waals surface area contributed by atoms with Crippen LogP contribution in [0.15, 0.2) is 388 Å². The predicted molar refractivity (Wildman–Crippen MR) is 427 cm³/mol. The number of benzene rings is 16. The minimum atomic E-state index is 0.590. The molecule has 0 radical (unpaired) electrons. The average Bonchev–Trinajstić information content (AvgIpc) is 1.61. The average molecular weight is 1320 g/mol. The van der Waals surface area contributed by atoms with Crippen molar-refractivity contribution in [1.82, 2.24) is 19.1 Å². The summed E-state index contributed by atoms with van der Waals surface area (Å²) in [4.78, 5) is 18.2. The Morgan fingerprint density at radius 1 is 0.262 bits per heavy atom. The van der Waals surface area contributed by atoms with E-state index in [0.717, 1.165) is 162 Å². The van der Waals surface area contributed by atoms with E-state index >= 15 is 0 Å². The fourth-order valence-electron chi connectivity index (χ4n) is 14.8. The van der Waals surface area contributed by atoms with Crippen LogP contribution in [0.2, 0.25) is 0 Å². The molecule has 8 heteroatoms. The number of para-hydroxylation sites is 8. The van der Waals surface area contributed by atoms with Gasteiger partial charge >= 0.3 is 0 Å². The third kappa shape index (κ3) is 11.5. The molecule has 2 aromatic heterocycles. The first kappa shape index (κ1) is 61.2. The second-order valence-corrected chi connectivity index (χ2v) is 25.7. The lowest BCUT2D eigenvalue weighted by Crippen LogP contribution is -2.10. The van der Waals surface area contributed by atoms with Gasteiger partial charge in [-0.05, 0) is 232 Å². The highest BCUT2D eigenvalue weighted by Gasteiger charge is 2.25. The number of rotatable bonds is 16. The van der Waals surface area contributed by atoms with Crippen LogP contribution >= 0.6 is 0 Å². The third-order valence-electron chi connectivity index (χ3n) is 19.4. The summed E-state index contributed by atoms with van der Waals surface area (Å²) in [6.07, 6.45) is 0. The predicted octanol–water partition coefficient (Wildman–Crippen LogP) is 25.3. The van der Waals surface area contributed by atoms with Gasteiger partial charge in [0.15, 0.2) is 0 Å². The fourth-order valence-corrected chi connectivity index (χ4v) is 14.8. The number of hydrogen-bond acceptors (Lipinski definition) is 6. The lowest BCUT2D eigenvalue weighted by atomic mass is 9.92. The standard InChI is InChI=1S/C95H64N8/c96-65-66-51-55-81(56-52-66)103-93-87-46-20-19-45-86(87)91-85(47-26-48-88(91)92(93)98-94(103)67-53-57-80(58-54-67)99(74-30-7-1-8-31-74)75-32-9-2-10-33-75)70-29-25-44-84(64-70)101(78-38-15-5-16-39-78)83-43-24-28-69(63-83)72-59-71(60-73(61-72)95-97-89-49-21-22-50-90(89)102(95)79-40-17-6-18-41-79)68-27-23-42-82(62-68)100(76-34-11-3-12-35-76)77-36-13-4-14-37-77/h1-64H. The van der Waals surface area contributed by atoms with Crippen LogP contribution in [0.4, 0.5) is 51.2 Å². The summed E-state index contributed by atoms with van der Waals surface area (Å²) in [6, 6.07) is 140. The molecule has 0 fully saturated rings. The highest BCUT2D eigenvalue weighted by Crippen LogP contribution is 2.47. The zero-order chi connectivity index (χ0) is 68.6. The summed E-state index contributed by atoms with van der Waals surface area (Å²) in [5.74, 6) is 1.64. The van der Waals surface area contributed by atoms with Crippen molar-refractivity contribution in [2.45, 2.75) is 0 Å². The molecule has 16 aromatic carbocycles. The van der Waals surface area contributed by atoms with Crippen LogP contribution in [0, 0.1) is 11.3 Å². The summed E-state index contributed by atoms with van der Waals surface area (Å²) < 4.78 is 4.57. The Hall–Kier alpha value is -14.1. The van der Waals surface area contributed by atoms with Gasteiger partial charge in [-0.15, -0.1) is 0 Å². The number of imidazole rings is 2. The molecule has 2 heterocycles. The Morgan fingerprint density at radius 2 is 0.660 bits per heavy atom. The molecule has 484 valence electrons. The van der Waals surface area contributed by atoms with Gasteiger partial charge in [-0.2, -0.15) is 5.26 Å². The van der Waals surface area contributed by atoms with Crippen molar-refractivity contribution in [3.05, 3.63) is 394 Å². The summed E-state index contributed by atoms with van der Waals surface area (Å²) in [6.45, 7) is 0. The van der Waals surface area contributed by atoms with E-state index in [4.69, 9.17) is 9.97 Å². The van der Waals surface area contributed by atoms with Crippen LogP contribution in [-0.2, 0) is 0 Å². The van der Waals surface area contributed by atoms with E-state index < -0.39 is 0 Å². The fraction of sp³-hybridized carbons (Fsp3) is 0.